The van der Waals surface area contributed by atoms with Gasteiger partial charge in [0.2, 0.25) is 15.2 Å². The molecule has 0 unspecified atom stereocenters. The second-order valence-corrected chi connectivity index (χ2v) is 13.8. The fourth-order valence-electron chi connectivity index (χ4n) is 4.26. The van der Waals surface area contributed by atoms with E-state index < -0.39 is 20.9 Å². The summed E-state index contributed by atoms with van der Waals surface area (Å²) in [5.41, 5.74) is 1.66. The van der Waals surface area contributed by atoms with Crippen LogP contribution in [0.25, 0.3) is 10.2 Å². The molecule has 0 aliphatic heterocycles. The highest BCUT2D eigenvalue weighted by molar-refractivity contribution is 7.89. The number of anilines is 1. The van der Waals surface area contributed by atoms with E-state index in [0.717, 1.165) is 26.6 Å². The van der Waals surface area contributed by atoms with Crippen molar-refractivity contribution in [2.24, 2.45) is 5.10 Å². The second kappa shape index (κ2) is 13.0. The molecule has 0 atom stereocenters. The van der Waals surface area contributed by atoms with Gasteiger partial charge < -0.3 is 4.74 Å². The maximum absolute atomic E-state index is 13.8. The van der Waals surface area contributed by atoms with Crippen molar-refractivity contribution in [1.29, 1.82) is 0 Å². The molecule has 1 amide bonds. The molecule has 0 saturated heterocycles. The van der Waals surface area contributed by atoms with Crippen LogP contribution in [0.3, 0.4) is 0 Å². The van der Waals surface area contributed by atoms with Crippen LogP contribution in [-0.4, -0.2) is 47.9 Å². The number of carbonyl (C=O) groups is 1. The van der Waals surface area contributed by atoms with Gasteiger partial charge in [-0.2, -0.15) is 14.4 Å². The molecule has 0 radical (unpaired) electrons. The van der Waals surface area contributed by atoms with Crippen molar-refractivity contribution in [2.75, 3.05) is 12.1 Å². The first-order chi connectivity index (χ1) is 21.1. The number of rotatable bonds is 11. The number of hydrazone groups is 1. The van der Waals surface area contributed by atoms with Crippen molar-refractivity contribution in [2.45, 2.75) is 31.3 Å². The molecule has 2 aromatic heterocycles. The average Bonchev–Trinajstić information content (AvgIpc) is 3.67. The summed E-state index contributed by atoms with van der Waals surface area (Å²) in [5, 5.41) is 16.8. The topological polar surface area (TPSA) is 135 Å². The summed E-state index contributed by atoms with van der Waals surface area (Å²) in [7, 11) is -2.33. The maximum atomic E-state index is 13.8. The van der Waals surface area contributed by atoms with Gasteiger partial charge in [0, 0.05) is 24.2 Å². The molecule has 0 spiro atoms. The smallest absolute Gasteiger partial charge is 0.324 e. The molecule has 226 valence electrons. The normalized spacial score (nSPS) is 11.9. The number of hydrogen-bond donors (Lipinski definition) is 0. The van der Waals surface area contributed by atoms with E-state index in [1.165, 1.54) is 58.3 Å². The molecule has 0 bridgehead atoms. The monoisotopic (exact) mass is 649 g/mol. The number of sulfonamides is 1. The SMILES string of the molecule is COc1ccc2nc(N(/N=C/c3ccc([N+](=O)[O-])s3)C(=O)c3ccc(S(=O)(=O)N(Cc4ccccc4)C(C)C)cc3)sc2c1. The number of hydrogen-bond acceptors (Lipinski definition) is 10. The summed E-state index contributed by atoms with van der Waals surface area (Å²) in [6.07, 6.45) is 1.35. The van der Waals surface area contributed by atoms with Crippen molar-refractivity contribution in [3.05, 3.63) is 111 Å². The third-order valence-corrected chi connectivity index (χ3v) is 10.5. The predicted octanol–water partition coefficient (Wildman–Crippen LogP) is 6.55. The van der Waals surface area contributed by atoms with Crippen LogP contribution in [0.1, 0.15) is 34.6 Å². The van der Waals surface area contributed by atoms with Gasteiger partial charge in [0.05, 0.1) is 38.2 Å². The first-order valence-electron chi connectivity index (χ1n) is 13.3. The Hall–Kier alpha value is -4.50. The van der Waals surface area contributed by atoms with Gasteiger partial charge in [-0.05, 0) is 67.9 Å². The van der Waals surface area contributed by atoms with Crippen LogP contribution in [0.5, 0.6) is 5.75 Å². The zero-order valence-electron chi connectivity index (χ0n) is 23.9. The molecular formula is C30H27N5O6S3. The van der Waals surface area contributed by atoms with Crippen LogP contribution in [0.4, 0.5) is 10.1 Å². The Balaban J connectivity index is 1.47. The van der Waals surface area contributed by atoms with Gasteiger partial charge >= 0.3 is 5.00 Å². The second-order valence-electron chi connectivity index (χ2n) is 9.78. The van der Waals surface area contributed by atoms with Crippen molar-refractivity contribution in [3.8, 4) is 5.75 Å². The number of carbonyl (C=O) groups excluding carboxylic acids is 1. The van der Waals surface area contributed by atoms with Crippen LogP contribution in [0.15, 0.2) is 94.9 Å². The summed E-state index contributed by atoms with van der Waals surface area (Å²) in [5.74, 6) is 0.0618. The Morgan fingerprint density at radius 1 is 1.05 bits per heavy atom. The molecule has 44 heavy (non-hydrogen) atoms. The summed E-state index contributed by atoms with van der Waals surface area (Å²) < 4.78 is 34.7. The van der Waals surface area contributed by atoms with Crippen molar-refractivity contribution < 1.29 is 22.9 Å². The fourth-order valence-corrected chi connectivity index (χ4v) is 7.52. The zero-order valence-corrected chi connectivity index (χ0v) is 26.3. The van der Waals surface area contributed by atoms with Crippen molar-refractivity contribution >= 4 is 65.2 Å². The first-order valence-corrected chi connectivity index (χ1v) is 16.4. The van der Waals surface area contributed by atoms with Gasteiger partial charge in [-0.15, -0.1) is 0 Å². The molecule has 0 aliphatic carbocycles. The molecule has 14 heteroatoms. The standard InChI is InChI=1S/C30H27N5O6S3/c1-20(2)33(19-21-7-5-4-6-8-21)44(39,40)25-13-9-22(10-14-25)29(36)34(31-18-24-12-16-28(42-24)35(37)38)30-32-26-15-11-23(41-3)17-27(26)43-30/h4-18,20H,19H2,1-3H3/b31-18+. The lowest BCUT2D eigenvalue weighted by atomic mass is 10.2. The highest BCUT2D eigenvalue weighted by Crippen LogP contribution is 2.33. The predicted molar refractivity (Wildman–Crippen MR) is 172 cm³/mol. The van der Waals surface area contributed by atoms with Crippen LogP contribution in [0, 0.1) is 10.1 Å². The van der Waals surface area contributed by atoms with E-state index in [0.29, 0.717) is 16.1 Å². The first kappa shape index (κ1) is 30.9. The van der Waals surface area contributed by atoms with Crippen LogP contribution < -0.4 is 9.75 Å². The summed E-state index contributed by atoms with van der Waals surface area (Å²) in [6.45, 7) is 3.82. The molecule has 2 heterocycles. The largest absolute Gasteiger partial charge is 0.497 e. The van der Waals surface area contributed by atoms with Crippen LogP contribution >= 0.6 is 22.7 Å². The van der Waals surface area contributed by atoms with Gasteiger partial charge in [-0.3, -0.25) is 14.9 Å². The minimum atomic E-state index is -3.89. The molecule has 0 fully saturated rings. The van der Waals surface area contributed by atoms with Gasteiger partial charge in [0.25, 0.3) is 5.91 Å². The number of fused-ring (bicyclic) bond motifs is 1. The summed E-state index contributed by atoms with van der Waals surface area (Å²) in [6, 6.07) is 22.9. The molecule has 0 aliphatic rings. The lowest BCUT2D eigenvalue weighted by molar-refractivity contribution is -0.380. The third kappa shape index (κ3) is 6.68. The quantitative estimate of drug-likeness (QED) is 0.0899. The molecule has 5 aromatic rings. The van der Waals surface area contributed by atoms with E-state index in [-0.39, 0.29) is 33.2 Å². The van der Waals surface area contributed by atoms with Crippen LogP contribution in [0.2, 0.25) is 0 Å². The average molecular weight is 650 g/mol. The Morgan fingerprint density at radius 3 is 2.41 bits per heavy atom. The summed E-state index contributed by atoms with van der Waals surface area (Å²) in [4.78, 5) is 29.5. The maximum Gasteiger partial charge on any atom is 0.324 e. The number of aromatic nitrogens is 1. The Bertz CT molecular complexity index is 1940. The lowest BCUT2D eigenvalue weighted by Crippen LogP contribution is -2.36. The minimum Gasteiger partial charge on any atom is -0.497 e. The lowest BCUT2D eigenvalue weighted by Gasteiger charge is -2.26. The van der Waals surface area contributed by atoms with Gasteiger partial charge in [-0.1, -0.05) is 53.0 Å². The number of amides is 1. The van der Waals surface area contributed by atoms with E-state index in [9.17, 15) is 23.3 Å². The van der Waals surface area contributed by atoms with E-state index in [1.54, 1.807) is 25.3 Å². The number of nitro groups is 1. The van der Waals surface area contributed by atoms with Gasteiger partial charge in [0.15, 0.2) is 0 Å². The number of thiazole rings is 1. The van der Waals surface area contributed by atoms with Crippen molar-refractivity contribution in [1.82, 2.24) is 9.29 Å². The number of nitrogens with zero attached hydrogens (tertiary/aromatic N) is 5. The summed E-state index contributed by atoms with van der Waals surface area (Å²) >= 11 is 2.13. The minimum absolute atomic E-state index is 0.0479. The molecular weight excluding hydrogens is 623 g/mol. The van der Waals surface area contributed by atoms with Crippen molar-refractivity contribution in [3.63, 3.8) is 0 Å². The van der Waals surface area contributed by atoms with Gasteiger partial charge in [-0.25, -0.2) is 13.4 Å². The Morgan fingerprint density at radius 2 is 1.77 bits per heavy atom. The Kier molecular flexibility index (Phi) is 9.15. The zero-order chi connectivity index (χ0) is 31.4. The number of benzene rings is 3. The van der Waals surface area contributed by atoms with E-state index in [4.69, 9.17) is 4.74 Å². The fraction of sp³-hybridized carbons (Fsp3) is 0.167. The number of methoxy groups -OCH3 is 1. The number of thiophene rings is 1. The highest BCUT2D eigenvalue weighted by atomic mass is 32.2. The third-order valence-electron chi connectivity index (χ3n) is 6.52. The molecule has 0 saturated carbocycles. The molecule has 3 aromatic carbocycles. The molecule has 11 nitrogen and oxygen atoms in total. The van der Waals surface area contributed by atoms with Gasteiger partial charge in [0.1, 0.15) is 5.75 Å². The highest BCUT2D eigenvalue weighted by Gasteiger charge is 2.28. The Labute approximate surface area is 261 Å². The molecule has 5 rings (SSSR count). The van der Waals surface area contributed by atoms with E-state index in [1.807, 2.05) is 44.2 Å². The van der Waals surface area contributed by atoms with E-state index >= 15 is 0 Å². The van der Waals surface area contributed by atoms with Crippen LogP contribution in [-0.2, 0) is 16.6 Å². The van der Waals surface area contributed by atoms with E-state index in [2.05, 4.69) is 10.1 Å². The number of ether oxygens (including phenoxy) is 1. The molecule has 0 N–H and O–H groups in total.